The van der Waals surface area contributed by atoms with Crippen LogP contribution in [-0.4, -0.2) is 11.0 Å². The molecule has 0 heterocycles. The SMILES string of the molecule is CC(NCc1ccccc1O)c1cccc(NC(=O)c2ccccc2)c1. The summed E-state index contributed by atoms with van der Waals surface area (Å²) in [7, 11) is 0. The molecule has 1 amide bonds. The number of hydrogen-bond donors (Lipinski definition) is 3. The Kier molecular flexibility index (Phi) is 5.66. The van der Waals surface area contributed by atoms with Gasteiger partial charge in [-0.15, -0.1) is 0 Å². The van der Waals surface area contributed by atoms with E-state index in [1.54, 1.807) is 24.3 Å². The molecule has 0 spiro atoms. The van der Waals surface area contributed by atoms with Gasteiger partial charge in [0.2, 0.25) is 0 Å². The van der Waals surface area contributed by atoms with Gasteiger partial charge in [0.1, 0.15) is 5.75 Å². The number of phenols is 1. The third-order valence-corrected chi connectivity index (χ3v) is 4.27. The quantitative estimate of drug-likeness (QED) is 0.616. The van der Waals surface area contributed by atoms with Gasteiger partial charge in [0.05, 0.1) is 0 Å². The Balaban J connectivity index is 1.65. The van der Waals surface area contributed by atoms with Crippen LogP contribution in [0.5, 0.6) is 5.75 Å². The molecule has 132 valence electrons. The molecule has 3 aromatic carbocycles. The van der Waals surface area contributed by atoms with Crippen molar-refractivity contribution in [2.75, 3.05) is 5.32 Å². The summed E-state index contributed by atoms with van der Waals surface area (Å²) in [5.74, 6) is 0.161. The molecule has 0 saturated carbocycles. The number of carbonyl (C=O) groups is 1. The first-order valence-electron chi connectivity index (χ1n) is 8.60. The number of benzene rings is 3. The molecule has 0 fully saturated rings. The Morgan fingerprint density at radius 3 is 2.46 bits per heavy atom. The predicted molar refractivity (Wildman–Crippen MR) is 104 cm³/mol. The molecule has 4 heteroatoms. The summed E-state index contributed by atoms with van der Waals surface area (Å²) in [5, 5.41) is 16.2. The fraction of sp³-hybridized carbons (Fsp3) is 0.136. The van der Waals surface area contributed by atoms with E-state index in [1.165, 1.54) is 0 Å². The summed E-state index contributed by atoms with van der Waals surface area (Å²) in [6.07, 6.45) is 0. The number of nitrogens with one attached hydrogen (secondary N) is 2. The zero-order chi connectivity index (χ0) is 18.4. The fourth-order valence-corrected chi connectivity index (χ4v) is 2.72. The van der Waals surface area contributed by atoms with E-state index in [1.807, 2.05) is 54.6 Å². The number of para-hydroxylation sites is 1. The van der Waals surface area contributed by atoms with Crippen LogP contribution in [-0.2, 0) is 6.54 Å². The van der Waals surface area contributed by atoms with Crippen LogP contribution in [0.3, 0.4) is 0 Å². The highest BCUT2D eigenvalue weighted by Crippen LogP contribution is 2.20. The van der Waals surface area contributed by atoms with E-state index in [2.05, 4.69) is 17.6 Å². The highest BCUT2D eigenvalue weighted by Gasteiger charge is 2.09. The number of amides is 1. The van der Waals surface area contributed by atoms with Gasteiger partial charge in [0.25, 0.3) is 5.91 Å². The van der Waals surface area contributed by atoms with Crippen LogP contribution in [0.4, 0.5) is 5.69 Å². The van der Waals surface area contributed by atoms with Crippen molar-refractivity contribution in [1.29, 1.82) is 0 Å². The van der Waals surface area contributed by atoms with Gasteiger partial charge in [-0.1, -0.05) is 48.5 Å². The molecule has 4 nitrogen and oxygen atoms in total. The highest BCUT2D eigenvalue weighted by molar-refractivity contribution is 6.04. The van der Waals surface area contributed by atoms with Gasteiger partial charge in [-0.05, 0) is 42.8 Å². The largest absolute Gasteiger partial charge is 0.508 e. The maximum atomic E-state index is 12.3. The number of hydrogen-bond acceptors (Lipinski definition) is 3. The fourth-order valence-electron chi connectivity index (χ4n) is 2.72. The Morgan fingerprint density at radius 1 is 0.962 bits per heavy atom. The number of aromatic hydroxyl groups is 1. The molecule has 3 N–H and O–H groups in total. The van der Waals surface area contributed by atoms with Crippen LogP contribution in [0.25, 0.3) is 0 Å². The summed E-state index contributed by atoms with van der Waals surface area (Å²) >= 11 is 0. The van der Waals surface area contributed by atoms with Gasteiger partial charge in [0.15, 0.2) is 0 Å². The molecule has 0 aliphatic heterocycles. The van der Waals surface area contributed by atoms with E-state index < -0.39 is 0 Å². The summed E-state index contributed by atoms with van der Waals surface area (Å²) in [5.41, 5.74) is 3.30. The minimum absolute atomic E-state index is 0.0724. The van der Waals surface area contributed by atoms with Crippen molar-refractivity contribution in [1.82, 2.24) is 5.32 Å². The van der Waals surface area contributed by atoms with Crippen LogP contribution >= 0.6 is 0 Å². The lowest BCUT2D eigenvalue weighted by molar-refractivity contribution is 0.102. The first-order chi connectivity index (χ1) is 12.6. The molecular formula is C22H22N2O2. The number of rotatable bonds is 6. The van der Waals surface area contributed by atoms with Crippen molar-refractivity contribution < 1.29 is 9.90 Å². The van der Waals surface area contributed by atoms with Crippen LogP contribution in [0.2, 0.25) is 0 Å². The molecule has 3 rings (SSSR count). The molecule has 0 radical (unpaired) electrons. The molecular weight excluding hydrogens is 324 g/mol. The Hall–Kier alpha value is -3.11. The topological polar surface area (TPSA) is 61.4 Å². The number of phenolic OH excluding ortho intramolecular Hbond substituents is 1. The molecule has 0 aliphatic rings. The highest BCUT2D eigenvalue weighted by atomic mass is 16.3. The summed E-state index contributed by atoms with van der Waals surface area (Å²) in [6.45, 7) is 2.62. The van der Waals surface area contributed by atoms with Gasteiger partial charge in [-0.2, -0.15) is 0 Å². The Bertz CT molecular complexity index is 878. The second-order valence-corrected chi connectivity index (χ2v) is 6.18. The third-order valence-electron chi connectivity index (χ3n) is 4.27. The van der Waals surface area contributed by atoms with Gasteiger partial charge >= 0.3 is 0 Å². The van der Waals surface area contributed by atoms with Crippen molar-refractivity contribution in [3.05, 3.63) is 95.6 Å². The van der Waals surface area contributed by atoms with Gasteiger partial charge in [-0.3, -0.25) is 4.79 Å². The zero-order valence-electron chi connectivity index (χ0n) is 14.6. The van der Waals surface area contributed by atoms with Crippen molar-refractivity contribution >= 4 is 11.6 Å². The van der Waals surface area contributed by atoms with Crippen molar-refractivity contribution in [3.63, 3.8) is 0 Å². The Labute approximate surface area is 153 Å². The average Bonchev–Trinajstić information content (AvgIpc) is 2.68. The second-order valence-electron chi connectivity index (χ2n) is 6.18. The van der Waals surface area contributed by atoms with Crippen LogP contribution in [0.15, 0.2) is 78.9 Å². The number of carbonyl (C=O) groups excluding carboxylic acids is 1. The van der Waals surface area contributed by atoms with E-state index in [0.29, 0.717) is 12.1 Å². The predicted octanol–water partition coefficient (Wildman–Crippen LogP) is 4.50. The van der Waals surface area contributed by atoms with Gasteiger partial charge < -0.3 is 15.7 Å². The maximum absolute atomic E-state index is 12.3. The molecule has 0 aliphatic carbocycles. The molecule has 0 saturated heterocycles. The molecule has 26 heavy (non-hydrogen) atoms. The maximum Gasteiger partial charge on any atom is 0.255 e. The van der Waals surface area contributed by atoms with Gasteiger partial charge in [-0.25, -0.2) is 0 Å². The second kappa shape index (κ2) is 8.32. The molecule has 1 unspecified atom stereocenters. The van der Waals surface area contributed by atoms with Crippen molar-refractivity contribution in [2.45, 2.75) is 19.5 Å². The standard InChI is InChI=1S/C22H22N2O2/c1-16(23-15-19-10-5-6-13-21(19)25)18-11-7-12-20(14-18)24-22(26)17-8-3-2-4-9-17/h2-14,16,23,25H,15H2,1H3,(H,24,26). The third kappa shape index (κ3) is 4.49. The zero-order valence-corrected chi connectivity index (χ0v) is 14.6. The minimum atomic E-state index is -0.127. The lowest BCUT2D eigenvalue weighted by atomic mass is 10.1. The number of anilines is 1. The monoisotopic (exact) mass is 346 g/mol. The van der Waals surface area contributed by atoms with E-state index in [4.69, 9.17) is 0 Å². The normalized spacial score (nSPS) is 11.7. The first-order valence-corrected chi connectivity index (χ1v) is 8.60. The summed E-state index contributed by atoms with van der Waals surface area (Å²) in [6, 6.07) is 24.3. The van der Waals surface area contributed by atoms with E-state index in [9.17, 15) is 9.90 Å². The van der Waals surface area contributed by atoms with E-state index in [-0.39, 0.29) is 17.7 Å². The lowest BCUT2D eigenvalue weighted by Crippen LogP contribution is -2.18. The molecule has 0 bridgehead atoms. The molecule has 0 aromatic heterocycles. The van der Waals surface area contributed by atoms with Crippen LogP contribution in [0, 0.1) is 0 Å². The lowest BCUT2D eigenvalue weighted by Gasteiger charge is -2.16. The van der Waals surface area contributed by atoms with Gasteiger partial charge in [0, 0.05) is 29.4 Å². The van der Waals surface area contributed by atoms with E-state index in [0.717, 1.165) is 16.8 Å². The minimum Gasteiger partial charge on any atom is -0.508 e. The Morgan fingerprint density at radius 2 is 1.69 bits per heavy atom. The summed E-state index contributed by atoms with van der Waals surface area (Å²) < 4.78 is 0. The van der Waals surface area contributed by atoms with E-state index >= 15 is 0 Å². The smallest absolute Gasteiger partial charge is 0.255 e. The summed E-state index contributed by atoms with van der Waals surface area (Å²) in [4.78, 5) is 12.3. The first kappa shape index (κ1) is 17.7. The average molecular weight is 346 g/mol. The van der Waals surface area contributed by atoms with Crippen LogP contribution < -0.4 is 10.6 Å². The molecule has 1 atom stereocenters. The van der Waals surface area contributed by atoms with Crippen molar-refractivity contribution in [3.8, 4) is 5.75 Å². The van der Waals surface area contributed by atoms with Crippen LogP contribution in [0.1, 0.15) is 34.5 Å². The van der Waals surface area contributed by atoms with Crippen molar-refractivity contribution in [2.24, 2.45) is 0 Å². The molecule has 3 aromatic rings.